The Labute approximate surface area is 174 Å². The lowest BCUT2D eigenvalue weighted by Gasteiger charge is -2.24. The van der Waals surface area contributed by atoms with Crippen molar-refractivity contribution in [3.63, 3.8) is 0 Å². The SMILES string of the molecule is C=CCN1C(=O)C(=O)C(=C(O)c2ccc(OCC)c(C)c2)[C@H]1c1cccc(Cl)c1. The van der Waals surface area contributed by atoms with Crippen molar-refractivity contribution in [1.29, 1.82) is 0 Å². The molecule has 0 saturated carbocycles. The predicted molar refractivity (Wildman–Crippen MR) is 113 cm³/mol. The molecule has 0 aromatic heterocycles. The Morgan fingerprint density at radius 3 is 2.66 bits per heavy atom. The number of benzene rings is 2. The van der Waals surface area contributed by atoms with Crippen molar-refractivity contribution >= 4 is 29.1 Å². The van der Waals surface area contributed by atoms with Gasteiger partial charge in [-0.05, 0) is 55.3 Å². The van der Waals surface area contributed by atoms with E-state index >= 15 is 0 Å². The van der Waals surface area contributed by atoms with Crippen molar-refractivity contribution in [2.24, 2.45) is 0 Å². The van der Waals surface area contributed by atoms with Crippen molar-refractivity contribution in [3.8, 4) is 5.75 Å². The van der Waals surface area contributed by atoms with Crippen LogP contribution in [0.1, 0.15) is 29.7 Å². The molecule has 2 aromatic carbocycles. The molecule has 1 aliphatic rings. The number of hydrogen-bond acceptors (Lipinski definition) is 4. The predicted octanol–water partition coefficient (Wildman–Crippen LogP) is 4.65. The maximum atomic E-state index is 12.8. The molecule has 1 fully saturated rings. The lowest BCUT2D eigenvalue weighted by atomic mass is 9.95. The molecular weight excluding hydrogens is 390 g/mol. The number of ketones is 1. The average molecular weight is 412 g/mol. The van der Waals surface area contributed by atoms with E-state index < -0.39 is 17.7 Å². The van der Waals surface area contributed by atoms with Gasteiger partial charge in [-0.3, -0.25) is 9.59 Å². The first-order valence-electron chi connectivity index (χ1n) is 9.27. The van der Waals surface area contributed by atoms with E-state index in [2.05, 4.69) is 6.58 Å². The zero-order chi connectivity index (χ0) is 21.1. The lowest BCUT2D eigenvalue weighted by molar-refractivity contribution is -0.139. The molecule has 1 saturated heterocycles. The van der Waals surface area contributed by atoms with Crippen LogP contribution in [0.3, 0.4) is 0 Å². The van der Waals surface area contributed by atoms with Gasteiger partial charge in [-0.25, -0.2) is 0 Å². The monoisotopic (exact) mass is 411 g/mol. The summed E-state index contributed by atoms with van der Waals surface area (Å²) in [6.07, 6.45) is 1.55. The minimum absolute atomic E-state index is 0.0303. The van der Waals surface area contributed by atoms with Crippen LogP contribution in [0.15, 0.2) is 60.7 Å². The maximum absolute atomic E-state index is 12.8. The van der Waals surface area contributed by atoms with E-state index in [9.17, 15) is 14.7 Å². The number of aliphatic hydroxyl groups is 1. The molecule has 1 aliphatic heterocycles. The van der Waals surface area contributed by atoms with Crippen molar-refractivity contribution in [3.05, 3.63) is 82.4 Å². The van der Waals surface area contributed by atoms with Gasteiger partial charge >= 0.3 is 0 Å². The van der Waals surface area contributed by atoms with Crippen LogP contribution in [0.5, 0.6) is 5.75 Å². The highest BCUT2D eigenvalue weighted by Gasteiger charge is 2.45. The number of carbonyl (C=O) groups is 2. The summed E-state index contributed by atoms with van der Waals surface area (Å²) < 4.78 is 5.53. The second-order valence-electron chi connectivity index (χ2n) is 6.71. The fraction of sp³-hybridized carbons (Fsp3) is 0.217. The van der Waals surface area contributed by atoms with Crippen LogP contribution in [0, 0.1) is 6.92 Å². The Kier molecular flexibility index (Phi) is 6.09. The van der Waals surface area contributed by atoms with Gasteiger partial charge < -0.3 is 14.7 Å². The van der Waals surface area contributed by atoms with E-state index in [1.54, 1.807) is 48.5 Å². The van der Waals surface area contributed by atoms with Gasteiger partial charge in [-0.2, -0.15) is 0 Å². The summed E-state index contributed by atoms with van der Waals surface area (Å²) in [5.41, 5.74) is 1.93. The van der Waals surface area contributed by atoms with Gasteiger partial charge in [0.25, 0.3) is 11.7 Å². The van der Waals surface area contributed by atoms with Crippen LogP contribution in [-0.4, -0.2) is 34.8 Å². The van der Waals surface area contributed by atoms with E-state index in [0.717, 1.165) is 5.56 Å². The molecule has 0 unspecified atom stereocenters. The largest absolute Gasteiger partial charge is 0.507 e. The van der Waals surface area contributed by atoms with E-state index in [1.807, 2.05) is 13.8 Å². The van der Waals surface area contributed by atoms with E-state index in [0.29, 0.717) is 28.5 Å². The fourth-order valence-electron chi connectivity index (χ4n) is 3.50. The summed E-state index contributed by atoms with van der Waals surface area (Å²) in [7, 11) is 0. The number of amides is 1. The summed E-state index contributed by atoms with van der Waals surface area (Å²) in [5, 5.41) is 11.5. The van der Waals surface area contributed by atoms with Crippen molar-refractivity contribution < 1.29 is 19.4 Å². The highest BCUT2D eigenvalue weighted by atomic mass is 35.5. The van der Waals surface area contributed by atoms with Gasteiger partial charge in [-0.1, -0.05) is 29.8 Å². The molecule has 150 valence electrons. The summed E-state index contributed by atoms with van der Waals surface area (Å²) in [4.78, 5) is 26.9. The Morgan fingerprint density at radius 2 is 2.03 bits per heavy atom. The molecule has 0 radical (unpaired) electrons. The van der Waals surface area contributed by atoms with Gasteiger partial charge in [-0.15, -0.1) is 6.58 Å². The van der Waals surface area contributed by atoms with Crippen molar-refractivity contribution in [1.82, 2.24) is 4.90 Å². The van der Waals surface area contributed by atoms with Crippen molar-refractivity contribution in [2.75, 3.05) is 13.2 Å². The number of halogens is 1. The highest BCUT2D eigenvalue weighted by molar-refractivity contribution is 6.46. The molecule has 1 atom stereocenters. The van der Waals surface area contributed by atoms with E-state index in [-0.39, 0.29) is 17.9 Å². The van der Waals surface area contributed by atoms with Gasteiger partial charge in [0.15, 0.2) is 0 Å². The Balaban J connectivity index is 2.17. The van der Waals surface area contributed by atoms with E-state index in [1.165, 1.54) is 4.90 Å². The van der Waals surface area contributed by atoms with Crippen LogP contribution in [-0.2, 0) is 9.59 Å². The first-order chi connectivity index (χ1) is 13.9. The van der Waals surface area contributed by atoms with Crippen LogP contribution < -0.4 is 4.74 Å². The number of aryl methyl sites for hydroxylation is 1. The third-order valence-electron chi connectivity index (χ3n) is 4.78. The molecule has 0 aliphatic carbocycles. The second kappa shape index (κ2) is 8.53. The first kappa shape index (κ1) is 20.7. The van der Waals surface area contributed by atoms with Gasteiger partial charge in [0, 0.05) is 17.1 Å². The summed E-state index contributed by atoms with van der Waals surface area (Å²) in [5.74, 6) is -0.950. The van der Waals surface area contributed by atoms with Crippen LogP contribution in [0.4, 0.5) is 0 Å². The standard InChI is InChI=1S/C23H22ClNO4/c1-4-11-25-20(15-7-6-8-17(24)13-15)19(22(27)23(25)28)21(26)16-9-10-18(29-5-2)14(3)12-16/h4,6-10,12-13,20,26H,1,5,11H2,2-3H3/t20-/m1/s1. The lowest BCUT2D eigenvalue weighted by Crippen LogP contribution is -2.29. The number of nitrogens with zero attached hydrogens (tertiary/aromatic N) is 1. The topological polar surface area (TPSA) is 66.8 Å². The fourth-order valence-corrected chi connectivity index (χ4v) is 3.70. The quantitative estimate of drug-likeness (QED) is 0.325. The average Bonchev–Trinajstić information content (AvgIpc) is 2.94. The first-order valence-corrected chi connectivity index (χ1v) is 9.65. The van der Waals surface area contributed by atoms with Crippen LogP contribution >= 0.6 is 11.6 Å². The molecule has 5 nitrogen and oxygen atoms in total. The van der Waals surface area contributed by atoms with Gasteiger partial charge in [0.1, 0.15) is 11.5 Å². The number of Topliss-reactive ketones (excluding diaryl/α,β-unsaturated/α-hetero) is 1. The minimum atomic E-state index is -0.751. The maximum Gasteiger partial charge on any atom is 0.295 e. The molecule has 3 rings (SSSR count). The van der Waals surface area contributed by atoms with E-state index in [4.69, 9.17) is 16.3 Å². The molecule has 1 amide bonds. The second-order valence-corrected chi connectivity index (χ2v) is 7.14. The van der Waals surface area contributed by atoms with Gasteiger partial charge in [0.2, 0.25) is 0 Å². The Morgan fingerprint density at radius 1 is 1.28 bits per heavy atom. The number of likely N-dealkylation sites (tertiary alicyclic amines) is 1. The van der Waals surface area contributed by atoms with Crippen LogP contribution in [0.25, 0.3) is 5.76 Å². The summed E-state index contributed by atoms with van der Waals surface area (Å²) in [6, 6.07) is 11.3. The van der Waals surface area contributed by atoms with Gasteiger partial charge in [0.05, 0.1) is 18.2 Å². The zero-order valence-corrected chi connectivity index (χ0v) is 17.1. The molecule has 1 heterocycles. The number of rotatable bonds is 6. The third kappa shape index (κ3) is 3.91. The zero-order valence-electron chi connectivity index (χ0n) is 16.3. The molecule has 6 heteroatoms. The third-order valence-corrected chi connectivity index (χ3v) is 5.01. The normalized spacial score (nSPS) is 18.2. The Bertz CT molecular complexity index is 1010. The minimum Gasteiger partial charge on any atom is -0.507 e. The summed E-state index contributed by atoms with van der Waals surface area (Å²) in [6.45, 7) is 8.10. The molecular formula is C23H22ClNO4. The molecule has 2 aromatic rings. The molecule has 1 N–H and O–H groups in total. The number of hydrogen-bond donors (Lipinski definition) is 1. The number of ether oxygens (including phenoxy) is 1. The smallest absolute Gasteiger partial charge is 0.295 e. The molecule has 0 bridgehead atoms. The Hall–Kier alpha value is -3.05. The number of aliphatic hydroxyl groups excluding tert-OH is 1. The van der Waals surface area contributed by atoms with Crippen LogP contribution in [0.2, 0.25) is 5.02 Å². The molecule has 29 heavy (non-hydrogen) atoms. The number of carbonyl (C=O) groups excluding carboxylic acids is 2. The molecule has 0 spiro atoms. The summed E-state index contributed by atoms with van der Waals surface area (Å²) >= 11 is 6.13. The van der Waals surface area contributed by atoms with Crippen molar-refractivity contribution in [2.45, 2.75) is 19.9 Å². The highest BCUT2D eigenvalue weighted by Crippen LogP contribution is 2.40.